The van der Waals surface area contributed by atoms with Crippen molar-refractivity contribution < 1.29 is 4.74 Å². The SMILES string of the molecule is CCCCCCCCCCCCCCCCCN1C=COC1. The molecule has 0 N–H and O–H groups in total. The molecule has 0 atom stereocenters. The minimum atomic E-state index is 0.763. The molecule has 0 fully saturated rings. The van der Waals surface area contributed by atoms with Crippen LogP contribution in [0.5, 0.6) is 0 Å². The van der Waals surface area contributed by atoms with E-state index in [1.807, 2.05) is 0 Å². The van der Waals surface area contributed by atoms with Crippen molar-refractivity contribution in [3.05, 3.63) is 12.5 Å². The summed E-state index contributed by atoms with van der Waals surface area (Å²) in [5.74, 6) is 0. The first-order valence-electron chi connectivity index (χ1n) is 9.96. The molecule has 22 heavy (non-hydrogen) atoms. The second-order valence-corrected chi connectivity index (χ2v) is 6.84. The Hall–Kier alpha value is -0.660. The van der Waals surface area contributed by atoms with Crippen molar-refractivity contribution in [1.29, 1.82) is 0 Å². The fourth-order valence-corrected chi connectivity index (χ4v) is 3.14. The van der Waals surface area contributed by atoms with Crippen LogP contribution in [0.3, 0.4) is 0 Å². The van der Waals surface area contributed by atoms with Gasteiger partial charge in [-0.05, 0) is 6.42 Å². The zero-order chi connectivity index (χ0) is 15.7. The van der Waals surface area contributed by atoms with Gasteiger partial charge in [0.25, 0.3) is 0 Å². The van der Waals surface area contributed by atoms with Crippen LogP contribution in [-0.4, -0.2) is 18.2 Å². The van der Waals surface area contributed by atoms with Gasteiger partial charge in [-0.15, -0.1) is 0 Å². The zero-order valence-electron chi connectivity index (χ0n) is 15.0. The summed E-state index contributed by atoms with van der Waals surface area (Å²) in [6.07, 6.45) is 25.4. The molecule has 0 bridgehead atoms. The van der Waals surface area contributed by atoms with E-state index in [4.69, 9.17) is 4.74 Å². The topological polar surface area (TPSA) is 12.5 Å². The first-order valence-corrected chi connectivity index (χ1v) is 9.96. The Morgan fingerprint density at radius 1 is 0.682 bits per heavy atom. The van der Waals surface area contributed by atoms with Crippen molar-refractivity contribution in [3.63, 3.8) is 0 Å². The Balaban J connectivity index is 1.65. The monoisotopic (exact) mass is 309 g/mol. The van der Waals surface area contributed by atoms with Crippen LogP contribution in [0.1, 0.15) is 103 Å². The number of hydrogen-bond acceptors (Lipinski definition) is 2. The highest BCUT2D eigenvalue weighted by atomic mass is 16.5. The van der Waals surface area contributed by atoms with Gasteiger partial charge in [0.1, 0.15) is 6.26 Å². The standard InChI is InChI=1S/C20H39NO/c1-2-3-4-5-6-7-8-9-10-11-12-13-14-15-16-17-21-18-19-22-20-21/h18-19H,2-17,20H2,1H3. The summed E-state index contributed by atoms with van der Waals surface area (Å²) in [4.78, 5) is 2.25. The minimum Gasteiger partial charge on any atom is -0.479 e. The Kier molecular flexibility index (Phi) is 13.4. The molecule has 1 heterocycles. The van der Waals surface area contributed by atoms with E-state index >= 15 is 0 Å². The van der Waals surface area contributed by atoms with Crippen LogP contribution in [0.2, 0.25) is 0 Å². The lowest BCUT2D eigenvalue weighted by molar-refractivity contribution is 0.169. The first-order chi connectivity index (χ1) is 10.9. The van der Waals surface area contributed by atoms with E-state index < -0.39 is 0 Å². The second-order valence-electron chi connectivity index (χ2n) is 6.84. The number of ether oxygens (including phenoxy) is 1. The van der Waals surface area contributed by atoms with E-state index in [0.29, 0.717) is 0 Å². The Bertz CT molecular complexity index is 252. The summed E-state index contributed by atoms with van der Waals surface area (Å²) in [5.41, 5.74) is 0. The maximum absolute atomic E-state index is 5.18. The van der Waals surface area contributed by atoms with Crippen LogP contribution >= 0.6 is 0 Å². The highest BCUT2D eigenvalue weighted by Crippen LogP contribution is 2.13. The van der Waals surface area contributed by atoms with Crippen molar-refractivity contribution in [2.24, 2.45) is 0 Å². The summed E-state index contributed by atoms with van der Waals surface area (Å²) in [6, 6.07) is 0. The number of nitrogens with zero attached hydrogens (tertiary/aromatic N) is 1. The van der Waals surface area contributed by atoms with Crippen LogP contribution in [0.15, 0.2) is 12.5 Å². The zero-order valence-corrected chi connectivity index (χ0v) is 15.0. The van der Waals surface area contributed by atoms with Crippen molar-refractivity contribution in [1.82, 2.24) is 4.90 Å². The summed E-state index contributed by atoms with van der Waals surface area (Å²) in [6.45, 7) is 4.22. The van der Waals surface area contributed by atoms with Crippen molar-refractivity contribution >= 4 is 0 Å². The Labute approximate surface area is 139 Å². The number of hydrogen-bond donors (Lipinski definition) is 0. The van der Waals surface area contributed by atoms with Gasteiger partial charge in [-0.2, -0.15) is 0 Å². The number of rotatable bonds is 16. The lowest BCUT2D eigenvalue weighted by Crippen LogP contribution is -2.16. The molecule has 2 nitrogen and oxygen atoms in total. The predicted octanol–water partition coefficient (Wildman–Crippen LogP) is 6.62. The van der Waals surface area contributed by atoms with Gasteiger partial charge in [0, 0.05) is 12.7 Å². The molecule has 0 radical (unpaired) electrons. The van der Waals surface area contributed by atoms with Gasteiger partial charge in [0.05, 0.1) is 0 Å². The normalized spacial score (nSPS) is 13.8. The van der Waals surface area contributed by atoms with Crippen molar-refractivity contribution in [2.45, 2.75) is 103 Å². The molecule has 0 saturated carbocycles. The molecule has 0 saturated heterocycles. The maximum atomic E-state index is 5.18. The average molecular weight is 310 g/mol. The molecule has 0 aliphatic carbocycles. The van der Waals surface area contributed by atoms with Crippen LogP contribution in [0.25, 0.3) is 0 Å². The van der Waals surface area contributed by atoms with E-state index in [2.05, 4.69) is 18.0 Å². The van der Waals surface area contributed by atoms with E-state index in [-0.39, 0.29) is 0 Å². The molecule has 0 spiro atoms. The third kappa shape index (κ3) is 11.9. The molecule has 0 aromatic rings. The smallest absolute Gasteiger partial charge is 0.160 e. The van der Waals surface area contributed by atoms with E-state index in [1.54, 1.807) is 6.26 Å². The molecule has 1 aliphatic rings. The third-order valence-corrected chi connectivity index (χ3v) is 4.66. The van der Waals surface area contributed by atoms with Gasteiger partial charge >= 0.3 is 0 Å². The lowest BCUT2D eigenvalue weighted by atomic mass is 10.0. The van der Waals surface area contributed by atoms with Gasteiger partial charge in [-0.3, -0.25) is 0 Å². The van der Waals surface area contributed by atoms with Crippen LogP contribution < -0.4 is 0 Å². The lowest BCUT2D eigenvalue weighted by Gasteiger charge is -2.12. The van der Waals surface area contributed by atoms with Crippen LogP contribution in [0.4, 0.5) is 0 Å². The highest BCUT2D eigenvalue weighted by molar-refractivity contribution is 4.79. The van der Waals surface area contributed by atoms with Gasteiger partial charge in [0.15, 0.2) is 6.73 Å². The molecule has 1 rings (SSSR count). The van der Waals surface area contributed by atoms with Gasteiger partial charge < -0.3 is 9.64 Å². The molecule has 0 unspecified atom stereocenters. The second kappa shape index (κ2) is 15.2. The summed E-state index contributed by atoms with van der Waals surface area (Å²) in [5, 5.41) is 0. The molecule has 0 aromatic heterocycles. The minimum absolute atomic E-state index is 0.763. The maximum Gasteiger partial charge on any atom is 0.160 e. The van der Waals surface area contributed by atoms with Crippen molar-refractivity contribution in [3.8, 4) is 0 Å². The summed E-state index contributed by atoms with van der Waals surface area (Å²) < 4.78 is 5.18. The molecular weight excluding hydrogens is 270 g/mol. The van der Waals surface area contributed by atoms with Gasteiger partial charge in [-0.1, -0.05) is 96.8 Å². The molecule has 2 heteroatoms. The van der Waals surface area contributed by atoms with Crippen LogP contribution in [-0.2, 0) is 4.74 Å². The van der Waals surface area contributed by atoms with E-state index in [9.17, 15) is 0 Å². The molecule has 0 aromatic carbocycles. The van der Waals surface area contributed by atoms with E-state index in [1.165, 1.54) is 96.3 Å². The summed E-state index contributed by atoms with van der Waals surface area (Å²) in [7, 11) is 0. The number of unbranched alkanes of at least 4 members (excludes halogenated alkanes) is 14. The fourth-order valence-electron chi connectivity index (χ4n) is 3.14. The Morgan fingerprint density at radius 2 is 1.14 bits per heavy atom. The third-order valence-electron chi connectivity index (χ3n) is 4.66. The predicted molar refractivity (Wildman–Crippen MR) is 96.7 cm³/mol. The average Bonchev–Trinajstić information content (AvgIpc) is 3.04. The first kappa shape index (κ1) is 19.4. The summed E-state index contributed by atoms with van der Waals surface area (Å²) >= 11 is 0. The van der Waals surface area contributed by atoms with Crippen molar-refractivity contribution in [2.75, 3.05) is 13.3 Å². The Morgan fingerprint density at radius 3 is 1.55 bits per heavy atom. The van der Waals surface area contributed by atoms with Gasteiger partial charge in [-0.25, -0.2) is 0 Å². The molecular formula is C20H39NO. The van der Waals surface area contributed by atoms with E-state index in [0.717, 1.165) is 13.3 Å². The fraction of sp³-hybridized carbons (Fsp3) is 0.900. The van der Waals surface area contributed by atoms with Gasteiger partial charge in [0.2, 0.25) is 0 Å². The quantitative estimate of drug-likeness (QED) is 0.297. The largest absolute Gasteiger partial charge is 0.479 e. The molecule has 130 valence electrons. The highest BCUT2D eigenvalue weighted by Gasteiger charge is 2.03. The molecule has 1 aliphatic heterocycles. The molecule has 0 amide bonds. The van der Waals surface area contributed by atoms with Crippen LogP contribution in [0, 0.1) is 0 Å².